The minimum Gasteiger partial charge on any atom is -0.464 e. The number of benzene rings is 1. The number of anilines is 1. The zero-order chi connectivity index (χ0) is 27.8. The van der Waals surface area contributed by atoms with Gasteiger partial charge in [-0.2, -0.15) is 0 Å². The standard InChI is InChI=1S/C28H35Cl2N3O4S/c1-16-21(17-8-6-9-18(29)20(17)30)32-22(25(34)36-5)23(24(16)38)33-14-12-28(13-15-33)11-7-10-19(28)31-26(35)37-27(2,3)4/h6,8-9,19H,7,10-15H2,1-5H3,(H,31,35)(H,32,38)/t19-/m1/s1. The zero-order valence-electron chi connectivity index (χ0n) is 22.5. The molecule has 38 heavy (non-hydrogen) atoms. The largest absolute Gasteiger partial charge is 0.464 e. The van der Waals surface area contributed by atoms with Crippen molar-refractivity contribution in [3.8, 4) is 11.3 Å². The van der Waals surface area contributed by atoms with E-state index in [0.29, 0.717) is 45.0 Å². The lowest BCUT2D eigenvalue weighted by molar-refractivity contribution is 0.0441. The number of thiol groups is 1. The van der Waals surface area contributed by atoms with Gasteiger partial charge in [-0.1, -0.05) is 41.8 Å². The molecule has 10 heteroatoms. The molecule has 1 spiro atoms. The number of esters is 1. The second kappa shape index (κ2) is 11.1. The summed E-state index contributed by atoms with van der Waals surface area (Å²) in [6, 6.07) is 5.38. The minimum absolute atomic E-state index is 0.00762. The Morgan fingerprint density at radius 2 is 1.87 bits per heavy atom. The van der Waals surface area contributed by atoms with Gasteiger partial charge in [-0.05, 0) is 70.4 Å². The molecule has 206 valence electrons. The summed E-state index contributed by atoms with van der Waals surface area (Å²) in [6.45, 7) is 8.90. The van der Waals surface area contributed by atoms with Crippen LogP contribution in [0, 0.1) is 12.3 Å². The third-order valence-electron chi connectivity index (χ3n) is 7.64. The summed E-state index contributed by atoms with van der Waals surface area (Å²) >= 11 is 17.6. The number of piperidine rings is 1. The molecule has 0 radical (unpaired) electrons. The number of ether oxygens (including phenoxy) is 2. The highest BCUT2D eigenvalue weighted by Gasteiger charge is 2.46. The second-order valence-electron chi connectivity index (χ2n) is 11.2. The number of rotatable bonds is 4. The molecule has 1 aliphatic carbocycles. The van der Waals surface area contributed by atoms with E-state index >= 15 is 0 Å². The van der Waals surface area contributed by atoms with E-state index in [1.54, 1.807) is 12.1 Å². The third-order valence-corrected chi connectivity index (χ3v) is 9.01. The Balaban J connectivity index is 1.63. The quantitative estimate of drug-likeness (QED) is 0.297. The lowest BCUT2D eigenvalue weighted by Gasteiger charge is -2.44. The molecule has 2 heterocycles. The van der Waals surface area contributed by atoms with Crippen LogP contribution in [0.2, 0.25) is 10.0 Å². The molecule has 4 rings (SSSR count). The van der Waals surface area contributed by atoms with Crippen LogP contribution >= 0.6 is 35.8 Å². The van der Waals surface area contributed by atoms with E-state index in [4.69, 9.17) is 50.3 Å². The van der Waals surface area contributed by atoms with Gasteiger partial charge in [-0.15, -0.1) is 12.6 Å². The first kappa shape index (κ1) is 28.8. The van der Waals surface area contributed by atoms with E-state index < -0.39 is 11.6 Å². The van der Waals surface area contributed by atoms with Crippen molar-refractivity contribution >= 4 is 53.6 Å². The molecular weight excluding hydrogens is 545 g/mol. The maximum absolute atomic E-state index is 12.9. The number of nitrogens with one attached hydrogen (secondary N) is 1. The van der Waals surface area contributed by atoms with Crippen LogP contribution in [-0.4, -0.2) is 48.9 Å². The summed E-state index contributed by atoms with van der Waals surface area (Å²) in [6.07, 6.45) is 4.39. The second-order valence-corrected chi connectivity index (χ2v) is 12.4. The molecule has 2 fully saturated rings. The first-order chi connectivity index (χ1) is 17.9. The van der Waals surface area contributed by atoms with Crippen molar-refractivity contribution in [2.24, 2.45) is 5.41 Å². The van der Waals surface area contributed by atoms with Gasteiger partial charge in [-0.3, -0.25) is 0 Å². The van der Waals surface area contributed by atoms with Crippen molar-refractivity contribution < 1.29 is 19.1 Å². The van der Waals surface area contributed by atoms with Crippen LogP contribution < -0.4 is 10.2 Å². The third kappa shape index (κ3) is 5.73. The molecule has 2 aromatic rings. The Kier molecular flexibility index (Phi) is 8.46. The van der Waals surface area contributed by atoms with Gasteiger partial charge in [0.15, 0.2) is 5.69 Å². The number of alkyl carbamates (subject to hydrolysis) is 1. The zero-order valence-corrected chi connectivity index (χ0v) is 24.9. The van der Waals surface area contributed by atoms with Crippen molar-refractivity contribution in [3.63, 3.8) is 0 Å². The average molecular weight is 581 g/mol. The predicted octanol–water partition coefficient (Wildman–Crippen LogP) is 7.10. The Labute approximate surface area is 240 Å². The summed E-state index contributed by atoms with van der Waals surface area (Å²) in [5, 5.41) is 3.91. The Morgan fingerprint density at radius 1 is 1.18 bits per heavy atom. The van der Waals surface area contributed by atoms with Gasteiger partial charge in [0.2, 0.25) is 0 Å². The molecule has 1 N–H and O–H groups in total. The fraction of sp³-hybridized carbons (Fsp3) is 0.536. The van der Waals surface area contributed by atoms with E-state index in [-0.39, 0.29) is 23.2 Å². The van der Waals surface area contributed by atoms with Crippen LogP contribution in [0.3, 0.4) is 0 Å². The molecule has 1 aromatic heterocycles. The van der Waals surface area contributed by atoms with Crippen molar-refractivity contribution in [1.82, 2.24) is 10.3 Å². The number of amides is 1. The molecule has 1 saturated carbocycles. The van der Waals surface area contributed by atoms with Crippen molar-refractivity contribution in [1.29, 1.82) is 0 Å². The van der Waals surface area contributed by atoms with E-state index in [9.17, 15) is 9.59 Å². The average Bonchev–Trinajstić information content (AvgIpc) is 3.22. The molecule has 0 bridgehead atoms. The first-order valence-electron chi connectivity index (χ1n) is 12.9. The number of carbonyl (C=O) groups is 2. The smallest absolute Gasteiger partial charge is 0.407 e. The monoisotopic (exact) mass is 579 g/mol. The van der Waals surface area contributed by atoms with E-state index in [0.717, 1.165) is 37.7 Å². The van der Waals surface area contributed by atoms with Crippen LogP contribution in [0.25, 0.3) is 11.3 Å². The molecular formula is C28H35Cl2N3O4S. The maximum Gasteiger partial charge on any atom is 0.407 e. The Bertz CT molecular complexity index is 1240. The first-order valence-corrected chi connectivity index (χ1v) is 14.1. The van der Waals surface area contributed by atoms with Crippen LogP contribution in [0.4, 0.5) is 10.5 Å². The number of methoxy groups -OCH3 is 1. The van der Waals surface area contributed by atoms with Crippen molar-refractivity contribution in [2.75, 3.05) is 25.1 Å². The molecule has 2 aliphatic rings. The molecule has 1 aromatic carbocycles. The van der Waals surface area contributed by atoms with E-state index in [2.05, 4.69) is 10.2 Å². The topological polar surface area (TPSA) is 80.8 Å². The van der Waals surface area contributed by atoms with Crippen molar-refractivity contribution in [3.05, 3.63) is 39.5 Å². The highest BCUT2D eigenvalue weighted by molar-refractivity contribution is 7.80. The molecule has 1 aliphatic heterocycles. The van der Waals surface area contributed by atoms with Gasteiger partial charge >= 0.3 is 12.1 Å². The highest BCUT2D eigenvalue weighted by atomic mass is 35.5. The molecule has 0 unspecified atom stereocenters. The SMILES string of the molecule is COC(=O)c1nc(-c2cccc(Cl)c2Cl)c(C)c(S)c1N1CCC2(CCC[C@H]2NC(=O)OC(C)(C)C)CC1. The van der Waals surface area contributed by atoms with Crippen LogP contribution in [0.15, 0.2) is 23.1 Å². The summed E-state index contributed by atoms with van der Waals surface area (Å²) in [4.78, 5) is 33.0. The van der Waals surface area contributed by atoms with Gasteiger partial charge in [-0.25, -0.2) is 14.6 Å². The lowest BCUT2D eigenvalue weighted by atomic mass is 9.74. The normalized spacial score (nSPS) is 18.9. The van der Waals surface area contributed by atoms with Gasteiger partial charge in [0.1, 0.15) is 5.60 Å². The van der Waals surface area contributed by atoms with E-state index in [1.807, 2.05) is 33.8 Å². The van der Waals surface area contributed by atoms with Crippen LogP contribution in [-0.2, 0) is 9.47 Å². The number of halogens is 2. The van der Waals surface area contributed by atoms with Crippen LogP contribution in [0.1, 0.15) is 68.9 Å². The number of aromatic nitrogens is 1. The van der Waals surface area contributed by atoms with Gasteiger partial charge < -0.3 is 19.7 Å². The predicted molar refractivity (Wildman–Crippen MR) is 154 cm³/mol. The van der Waals surface area contributed by atoms with Crippen molar-refractivity contribution in [2.45, 2.75) is 76.3 Å². The number of hydrogen-bond acceptors (Lipinski definition) is 7. The molecule has 1 saturated heterocycles. The lowest BCUT2D eigenvalue weighted by Crippen LogP contribution is -2.51. The minimum atomic E-state index is -0.543. The van der Waals surface area contributed by atoms with Crippen LogP contribution in [0.5, 0.6) is 0 Å². The summed E-state index contributed by atoms with van der Waals surface area (Å²) in [5.74, 6) is -0.541. The molecule has 1 amide bonds. The number of pyridine rings is 1. The van der Waals surface area contributed by atoms with E-state index in [1.165, 1.54) is 7.11 Å². The summed E-state index contributed by atoms with van der Waals surface area (Å²) in [7, 11) is 1.34. The number of hydrogen-bond donors (Lipinski definition) is 2. The highest BCUT2D eigenvalue weighted by Crippen LogP contribution is 2.48. The fourth-order valence-corrected chi connectivity index (χ4v) is 6.47. The van der Waals surface area contributed by atoms with Gasteiger partial charge in [0.25, 0.3) is 0 Å². The number of carbonyl (C=O) groups excluding carboxylic acids is 2. The summed E-state index contributed by atoms with van der Waals surface area (Å²) in [5.41, 5.74) is 2.26. The fourth-order valence-electron chi connectivity index (χ4n) is 5.73. The Hall–Kier alpha value is -2.16. The number of nitrogens with zero attached hydrogens (tertiary/aromatic N) is 2. The maximum atomic E-state index is 12.9. The molecule has 7 nitrogen and oxygen atoms in total. The molecule has 1 atom stereocenters. The van der Waals surface area contributed by atoms with Gasteiger partial charge in [0, 0.05) is 29.6 Å². The summed E-state index contributed by atoms with van der Waals surface area (Å²) < 4.78 is 10.6. The Morgan fingerprint density at radius 3 is 2.50 bits per heavy atom. The van der Waals surface area contributed by atoms with Gasteiger partial charge in [0.05, 0.1) is 28.5 Å².